The molecule has 2 nitrogen and oxygen atoms in total. The van der Waals surface area contributed by atoms with Crippen molar-refractivity contribution in [3.8, 4) is 0 Å². The summed E-state index contributed by atoms with van der Waals surface area (Å²) in [6.45, 7) is 2.31. The van der Waals surface area contributed by atoms with Crippen molar-refractivity contribution in [2.45, 2.75) is 62.9 Å². The van der Waals surface area contributed by atoms with Gasteiger partial charge in [0.1, 0.15) is 0 Å². The zero-order chi connectivity index (χ0) is 10.5. The third-order valence-electron chi connectivity index (χ3n) is 4.46. The Morgan fingerprint density at radius 3 is 2.73 bits per heavy atom. The van der Waals surface area contributed by atoms with E-state index in [9.17, 15) is 0 Å². The van der Waals surface area contributed by atoms with E-state index in [0.717, 1.165) is 4.43 Å². The van der Waals surface area contributed by atoms with Crippen molar-refractivity contribution >= 4 is 22.6 Å². The molecule has 0 saturated carbocycles. The number of hydrogen-bond donors (Lipinski definition) is 0. The Morgan fingerprint density at radius 1 is 1.33 bits per heavy atom. The molecule has 5 unspecified atom stereocenters. The minimum Gasteiger partial charge on any atom is -0.375 e. The van der Waals surface area contributed by atoms with Crippen molar-refractivity contribution in [2.75, 3.05) is 4.43 Å². The summed E-state index contributed by atoms with van der Waals surface area (Å²) in [6.07, 6.45) is 7.83. The third kappa shape index (κ3) is 1.75. The Kier molecular flexibility index (Phi) is 2.76. The van der Waals surface area contributed by atoms with Gasteiger partial charge in [0.15, 0.2) is 0 Å². The first-order valence-corrected chi connectivity index (χ1v) is 7.63. The molecule has 0 amide bonds. The molecule has 0 aromatic carbocycles. The molecule has 5 atom stereocenters. The summed E-state index contributed by atoms with van der Waals surface area (Å²) in [6, 6.07) is 0. The van der Waals surface area contributed by atoms with Crippen LogP contribution in [-0.2, 0) is 9.47 Å². The fourth-order valence-electron chi connectivity index (χ4n) is 3.61. The van der Waals surface area contributed by atoms with E-state index in [4.69, 9.17) is 9.47 Å². The maximum Gasteiger partial charge on any atom is 0.0713 e. The highest BCUT2D eigenvalue weighted by Crippen LogP contribution is 2.49. The van der Waals surface area contributed by atoms with Crippen molar-refractivity contribution in [1.29, 1.82) is 0 Å². The van der Waals surface area contributed by atoms with E-state index in [2.05, 4.69) is 29.5 Å². The third-order valence-corrected chi connectivity index (χ3v) is 5.44. The van der Waals surface area contributed by atoms with Gasteiger partial charge in [-0.1, -0.05) is 22.6 Å². The quantitative estimate of drug-likeness (QED) is 0.575. The molecule has 3 heteroatoms. The smallest absolute Gasteiger partial charge is 0.0713 e. The highest BCUT2D eigenvalue weighted by molar-refractivity contribution is 14.1. The predicted octanol–water partition coefficient (Wildman–Crippen LogP) is 2.93. The average molecular weight is 322 g/mol. The Labute approximate surface area is 105 Å². The molecule has 0 aromatic rings. The minimum atomic E-state index is 0.121. The van der Waals surface area contributed by atoms with Crippen molar-refractivity contribution in [3.63, 3.8) is 0 Å². The van der Waals surface area contributed by atoms with Gasteiger partial charge >= 0.3 is 0 Å². The average Bonchev–Trinajstić information content (AvgIpc) is 2.91. The first-order chi connectivity index (χ1) is 7.21. The van der Waals surface area contributed by atoms with Gasteiger partial charge in [0.2, 0.25) is 0 Å². The van der Waals surface area contributed by atoms with Gasteiger partial charge in [-0.05, 0) is 39.0 Å². The first kappa shape index (κ1) is 10.8. The number of alkyl halides is 1. The molecule has 3 saturated heterocycles. The molecule has 15 heavy (non-hydrogen) atoms. The summed E-state index contributed by atoms with van der Waals surface area (Å²) in [5.41, 5.74) is 0.121. The molecule has 86 valence electrons. The molecule has 2 bridgehead atoms. The molecule has 0 spiro atoms. The number of rotatable bonds is 2. The normalized spacial score (nSPS) is 54.0. The van der Waals surface area contributed by atoms with Crippen LogP contribution in [0.15, 0.2) is 0 Å². The molecule has 0 aliphatic carbocycles. The fraction of sp³-hybridized carbons (Fsp3) is 1.00. The van der Waals surface area contributed by atoms with Crippen LogP contribution in [-0.4, -0.2) is 28.3 Å². The number of hydrogen-bond acceptors (Lipinski definition) is 2. The van der Waals surface area contributed by atoms with Gasteiger partial charge in [-0.2, -0.15) is 0 Å². The minimum absolute atomic E-state index is 0.121. The second-order valence-electron chi connectivity index (χ2n) is 5.46. The standard InChI is InChI=1S/C12H19IO2/c1-12(5-4-9(7-13)15-12)10-6-8-2-3-11(10)14-8/h8-11H,2-7H2,1H3. The van der Waals surface area contributed by atoms with Gasteiger partial charge < -0.3 is 9.47 Å². The SMILES string of the molecule is CC1(C2CC3CCC2O3)CCC(CI)O1. The summed E-state index contributed by atoms with van der Waals surface area (Å²) in [5, 5.41) is 0. The molecular formula is C12H19IO2. The van der Waals surface area contributed by atoms with E-state index in [1.54, 1.807) is 0 Å². The Morgan fingerprint density at radius 2 is 2.20 bits per heavy atom. The van der Waals surface area contributed by atoms with Crippen LogP contribution in [0, 0.1) is 5.92 Å². The zero-order valence-electron chi connectivity index (χ0n) is 9.25. The second-order valence-corrected chi connectivity index (χ2v) is 6.34. The van der Waals surface area contributed by atoms with Crippen LogP contribution in [0.5, 0.6) is 0 Å². The van der Waals surface area contributed by atoms with Crippen LogP contribution in [0.25, 0.3) is 0 Å². The van der Waals surface area contributed by atoms with Crippen molar-refractivity contribution in [3.05, 3.63) is 0 Å². The van der Waals surface area contributed by atoms with Gasteiger partial charge in [-0.15, -0.1) is 0 Å². The predicted molar refractivity (Wildman–Crippen MR) is 67.4 cm³/mol. The molecule has 3 fully saturated rings. The maximum atomic E-state index is 6.25. The van der Waals surface area contributed by atoms with Crippen LogP contribution in [0.4, 0.5) is 0 Å². The van der Waals surface area contributed by atoms with Crippen LogP contribution in [0.1, 0.15) is 39.0 Å². The van der Waals surface area contributed by atoms with E-state index in [1.165, 1.54) is 32.1 Å². The van der Waals surface area contributed by atoms with Crippen LogP contribution >= 0.6 is 22.6 Å². The summed E-state index contributed by atoms with van der Waals surface area (Å²) in [4.78, 5) is 0. The molecule has 3 heterocycles. The monoisotopic (exact) mass is 322 g/mol. The Bertz CT molecular complexity index is 258. The topological polar surface area (TPSA) is 18.5 Å². The number of halogens is 1. The first-order valence-electron chi connectivity index (χ1n) is 6.10. The van der Waals surface area contributed by atoms with Gasteiger partial charge in [0, 0.05) is 10.3 Å². The van der Waals surface area contributed by atoms with E-state index >= 15 is 0 Å². The van der Waals surface area contributed by atoms with E-state index in [-0.39, 0.29) is 5.60 Å². The second kappa shape index (κ2) is 3.84. The lowest BCUT2D eigenvalue weighted by Gasteiger charge is -2.35. The molecule has 0 N–H and O–H groups in total. The van der Waals surface area contributed by atoms with Crippen molar-refractivity contribution in [1.82, 2.24) is 0 Å². The Hall–Kier alpha value is 0.650. The van der Waals surface area contributed by atoms with Crippen molar-refractivity contribution < 1.29 is 9.47 Å². The largest absolute Gasteiger partial charge is 0.375 e. The van der Waals surface area contributed by atoms with Crippen LogP contribution in [0.2, 0.25) is 0 Å². The molecule has 0 aromatic heterocycles. The lowest BCUT2D eigenvalue weighted by Crippen LogP contribution is -2.40. The van der Waals surface area contributed by atoms with Crippen LogP contribution < -0.4 is 0 Å². The van der Waals surface area contributed by atoms with Gasteiger partial charge in [-0.25, -0.2) is 0 Å². The number of fused-ring (bicyclic) bond motifs is 2. The summed E-state index contributed by atoms with van der Waals surface area (Å²) >= 11 is 2.44. The van der Waals surface area contributed by atoms with Gasteiger partial charge in [0.05, 0.1) is 23.9 Å². The number of ether oxygens (including phenoxy) is 2. The maximum absolute atomic E-state index is 6.25. The fourth-order valence-corrected chi connectivity index (χ4v) is 4.23. The zero-order valence-corrected chi connectivity index (χ0v) is 11.4. The molecule has 0 radical (unpaired) electrons. The molecule has 3 aliphatic rings. The molecular weight excluding hydrogens is 303 g/mol. The summed E-state index contributed by atoms with van der Waals surface area (Å²) in [5.74, 6) is 0.671. The summed E-state index contributed by atoms with van der Waals surface area (Å²) < 4.78 is 13.3. The van der Waals surface area contributed by atoms with Crippen molar-refractivity contribution in [2.24, 2.45) is 5.92 Å². The van der Waals surface area contributed by atoms with E-state index in [1.807, 2.05) is 0 Å². The molecule has 3 rings (SSSR count). The van der Waals surface area contributed by atoms with E-state index in [0.29, 0.717) is 24.2 Å². The van der Waals surface area contributed by atoms with Gasteiger partial charge in [-0.3, -0.25) is 0 Å². The lowest BCUT2D eigenvalue weighted by atomic mass is 9.76. The van der Waals surface area contributed by atoms with E-state index < -0.39 is 0 Å². The summed E-state index contributed by atoms with van der Waals surface area (Å²) in [7, 11) is 0. The highest BCUT2D eigenvalue weighted by Gasteiger charge is 2.52. The Balaban J connectivity index is 1.72. The highest BCUT2D eigenvalue weighted by atomic mass is 127. The molecule has 3 aliphatic heterocycles. The lowest BCUT2D eigenvalue weighted by molar-refractivity contribution is -0.0761. The van der Waals surface area contributed by atoms with Crippen LogP contribution in [0.3, 0.4) is 0 Å². The van der Waals surface area contributed by atoms with Gasteiger partial charge in [0.25, 0.3) is 0 Å².